The minimum atomic E-state index is -2.35. The summed E-state index contributed by atoms with van der Waals surface area (Å²) in [5.41, 5.74) is 0. The van der Waals surface area contributed by atoms with Gasteiger partial charge in [-0.15, -0.1) is 0 Å². The van der Waals surface area contributed by atoms with E-state index in [-0.39, 0.29) is 6.61 Å². The van der Waals surface area contributed by atoms with Gasteiger partial charge in [0.15, 0.2) is 16.6 Å². The minimum absolute atomic E-state index is 0.167. The molecular weight excluding hydrogens is 360 g/mol. The summed E-state index contributed by atoms with van der Waals surface area (Å²) >= 11 is 0. The van der Waals surface area contributed by atoms with Crippen molar-refractivity contribution >= 4 is 33.8 Å². The fourth-order valence-electron chi connectivity index (χ4n) is 2.57. The van der Waals surface area contributed by atoms with Gasteiger partial charge in [0.25, 0.3) is 0 Å². The molecule has 0 amide bonds. The van der Waals surface area contributed by atoms with Gasteiger partial charge in [0.1, 0.15) is 0 Å². The Morgan fingerprint density at radius 2 is 1.22 bits per heavy atom. The number of ether oxygens (including phenoxy) is 1. The lowest BCUT2D eigenvalue weighted by Crippen LogP contribution is -2.57. The normalized spacial score (nSPS) is 16.4. The lowest BCUT2D eigenvalue weighted by molar-refractivity contribution is 0.122. The first-order chi connectivity index (χ1) is 10.2. The second-order valence-corrected chi connectivity index (χ2v) is 25.0. The summed E-state index contributed by atoms with van der Waals surface area (Å²) in [6.07, 6.45) is 0.674. The zero-order valence-corrected chi connectivity index (χ0v) is 20.6. The Morgan fingerprint density at radius 3 is 1.65 bits per heavy atom. The summed E-state index contributed by atoms with van der Waals surface area (Å²) in [5, 5.41) is 8.82. The van der Waals surface area contributed by atoms with Crippen molar-refractivity contribution in [2.45, 2.75) is 71.4 Å². The molecule has 0 bridgehead atoms. The van der Waals surface area contributed by atoms with Gasteiger partial charge < -0.3 is 22.2 Å². The van der Waals surface area contributed by atoms with Crippen molar-refractivity contribution in [1.29, 1.82) is 0 Å². The van der Waals surface area contributed by atoms with Gasteiger partial charge in [-0.25, -0.2) is 0 Å². The Morgan fingerprint density at radius 1 is 0.696 bits per heavy atom. The molecule has 0 aliphatic rings. The zero-order chi connectivity index (χ0) is 18.4. The fourth-order valence-corrected chi connectivity index (χ4v) is 20.2. The van der Waals surface area contributed by atoms with Crippen LogP contribution in [0.15, 0.2) is 0 Å². The first-order valence-corrected chi connectivity index (χ1v) is 20.6. The van der Waals surface area contributed by atoms with Crippen LogP contribution < -0.4 is 0 Å². The Balaban J connectivity index is 4.84. The summed E-state index contributed by atoms with van der Waals surface area (Å²) < 4.78 is 25.0. The summed E-state index contributed by atoms with van der Waals surface area (Å²) in [5.74, 6) is 0. The van der Waals surface area contributed by atoms with Crippen LogP contribution in [0.2, 0.25) is 65.0 Å². The van der Waals surface area contributed by atoms with Crippen LogP contribution >= 0.6 is 0 Å². The molecule has 1 atom stereocenters. The summed E-state index contributed by atoms with van der Waals surface area (Å²) in [6, 6.07) is 0.800. The molecule has 0 rings (SSSR count). The van der Waals surface area contributed by atoms with Gasteiger partial charge in [-0.2, -0.15) is 0 Å². The van der Waals surface area contributed by atoms with E-state index < -0.39 is 33.8 Å². The van der Waals surface area contributed by atoms with Crippen molar-refractivity contribution in [3.05, 3.63) is 0 Å². The Kier molecular flexibility index (Phi) is 9.66. The molecule has 23 heavy (non-hydrogen) atoms. The van der Waals surface area contributed by atoms with Crippen molar-refractivity contribution in [2.24, 2.45) is 0 Å². The van der Waals surface area contributed by atoms with Crippen LogP contribution in [0, 0.1) is 0 Å². The van der Waals surface area contributed by atoms with Crippen molar-refractivity contribution in [3.63, 3.8) is 0 Å². The molecule has 0 aromatic rings. The molecule has 0 heterocycles. The molecule has 0 fully saturated rings. The van der Waals surface area contributed by atoms with Crippen LogP contribution in [0.4, 0.5) is 0 Å². The van der Waals surface area contributed by atoms with Crippen molar-refractivity contribution in [3.8, 4) is 0 Å². The quantitative estimate of drug-likeness (QED) is 0.399. The molecule has 0 aromatic heterocycles. The third-order valence-corrected chi connectivity index (χ3v) is 16.1. The molecule has 0 saturated heterocycles. The molecule has 0 saturated carbocycles. The second kappa shape index (κ2) is 9.39. The fraction of sp³-hybridized carbons (Fsp3) is 1.00. The maximum atomic E-state index is 8.82. The van der Waals surface area contributed by atoms with E-state index >= 15 is 0 Å². The minimum Gasteiger partial charge on any atom is -0.437 e. The molecule has 0 aliphatic heterocycles. The average Bonchev–Trinajstić information content (AvgIpc) is 2.20. The second-order valence-electron chi connectivity index (χ2n) is 8.50. The van der Waals surface area contributed by atoms with Crippen LogP contribution in [0.1, 0.15) is 6.42 Å². The lowest BCUT2D eigenvalue weighted by Gasteiger charge is -2.41. The molecule has 5 nitrogen and oxygen atoms in total. The van der Waals surface area contributed by atoms with Crippen LogP contribution in [-0.2, 0) is 17.1 Å². The first kappa shape index (κ1) is 23.7. The average molecular weight is 399 g/mol. The van der Waals surface area contributed by atoms with E-state index in [2.05, 4.69) is 58.9 Å². The van der Waals surface area contributed by atoms with Gasteiger partial charge >= 0.3 is 17.1 Å². The van der Waals surface area contributed by atoms with Gasteiger partial charge in [-0.3, -0.25) is 0 Å². The monoisotopic (exact) mass is 398 g/mol. The number of aliphatic hydroxyl groups is 1. The number of rotatable bonds is 12. The van der Waals surface area contributed by atoms with Gasteiger partial charge in [-0.05, 0) is 65.3 Å². The zero-order valence-electron chi connectivity index (χ0n) is 16.6. The molecule has 0 radical (unpaired) electrons. The highest BCUT2D eigenvalue weighted by atomic mass is 28.5. The molecule has 0 aromatic carbocycles. The van der Waals surface area contributed by atoms with Gasteiger partial charge in [0.05, 0.1) is 0 Å². The molecule has 0 aliphatic carbocycles. The van der Waals surface area contributed by atoms with E-state index in [1.807, 2.05) is 0 Å². The topological polar surface area (TPSA) is 57.2 Å². The van der Waals surface area contributed by atoms with E-state index in [0.29, 0.717) is 19.6 Å². The van der Waals surface area contributed by atoms with Gasteiger partial charge in [0.2, 0.25) is 0 Å². The maximum Gasteiger partial charge on any atom is 0.318 e. The van der Waals surface area contributed by atoms with E-state index in [1.54, 1.807) is 0 Å². The molecule has 0 spiro atoms. The molecule has 9 heteroatoms. The van der Waals surface area contributed by atoms with Crippen molar-refractivity contribution < 1.29 is 22.2 Å². The predicted octanol–water partition coefficient (Wildman–Crippen LogP) is 3.88. The Bertz CT molecular complexity index is 341. The Labute approximate surface area is 147 Å². The molecule has 1 unspecified atom stereocenters. The number of aliphatic hydroxyl groups excluding tert-OH is 1. The van der Waals surface area contributed by atoms with Crippen molar-refractivity contribution in [1.82, 2.24) is 0 Å². The van der Waals surface area contributed by atoms with Gasteiger partial charge in [-0.1, -0.05) is 0 Å². The van der Waals surface area contributed by atoms with E-state index in [9.17, 15) is 0 Å². The predicted molar refractivity (Wildman–Crippen MR) is 106 cm³/mol. The standard InChI is InChI=1S/C14H38O5Si4/c1-20(2,3)17-22(7,8)19-23(9,18-21(4,5)6)14-13-16-12-10-11-15/h15H,10-14H2,1-9H3. The Hall–Kier alpha value is 0.668. The van der Waals surface area contributed by atoms with Crippen LogP contribution in [0.3, 0.4) is 0 Å². The summed E-state index contributed by atoms with van der Waals surface area (Å²) in [4.78, 5) is 0. The van der Waals surface area contributed by atoms with Crippen LogP contribution in [0.5, 0.6) is 0 Å². The van der Waals surface area contributed by atoms with E-state index in [0.717, 1.165) is 6.04 Å². The molecule has 1 N–H and O–H groups in total. The smallest absolute Gasteiger partial charge is 0.318 e. The number of hydrogen-bond acceptors (Lipinski definition) is 5. The summed E-state index contributed by atoms with van der Waals surface area (Å²) in [6.45, 7) is 20.9. The first-order valence-electron chi connectivity index (χ1n) is 8.47. The highest BCUT2D eigenvalue weighted by Gasteiger charge is 2.44. The molecule has 140 valence electrons. The third-order valence-electron chi connectivity index (χ3n) is 2.68. The van der Waals surface area contributed by atoms with E-state index in [4.69, 9.17) is 22.2 Å². The van der Waals surface area contributed by atoms with E-state index in [1.165, 1.54) is 0 Å². The number of hydrogen-bond donors (Lipinski definition) is 1. The highest BCUT2D eigenvalue weighted by Crippen LogP contribution is 2.26. The SMILES string of the molecule is C[Si](C)(C)O[Si](C)(C)O[Si](C)(CCOCCCO)O[Si](C)(C)C. The summed E-state index contributed by atoms with van der Waals surface area (Å²) in [7, 11) is -7.92. The highest BCUT2D eigenvalue weighted by molar-refractivity contribution is 6.89. The lowest BCUT2D eigenvalue weighted by atomic mass is 10.5. The van der Waals surface area contributed by atoms with Crippen LogP contribution in [0.25, 0.3) is 0 Å². The maximum absolute atomic E-state index is 8.82. The van der Waals surface area contributed by atoms with Gasteiger partial charge in [0, 0.05) is 25.9 Å². The van der Waals surface area contributed by atoms with Crippen LogP contribution in [-0.4, -0.2) is 58.7 Å². The molecular formula is C14H38O5Si4. The van der Waals surface area contributed by atoms with Crippen molar-refractivity contribution in [2.75, 3.05) is 19.8 Å². The third kappa shape index (κ3) is 13.6. The largest absolute Gasteiger partial charge is 0.437 e.